The van der Waals surface area contributed by atoms with Crippen LogP contribution in [0.5, 0.6) is 0 Å². The van der Waals surface area contributed by atoms with Crippen LogP contribution in [0.4, 0.5) is 0 Å². The van der Waals surface area contributed by atoms with Crippen LogP contribution in [0, 0.1) is 6.92 Å². The van der Waals surface area contributed by atoms with Crippen molar-refractivity contribution in [2.75, 3.05) is 19.3 Å². The van der Waals surface area contributed by atoms with E-state index in [9.17, 15) is 13.2 Å². The van der Waals surface area contributed by atoms with E-state index in [0.717, 1.165) is 18.4 Å². The molecule has 6 nitrogen and oxygen atoms in total. The number of aryl methyl sites for hydroxylation is 1. The molecular formula is C17H21N3O3S. The van der Waals surface area contributed by atoms with Gasteiger partial charge in [-0.15, -0.1) is 0 Å². The summed E-state index contributed by atoms with van der Waals surface area (Å²) in [5.41, 5.74) is 2.26. The van der Waals surface area contributed by atoms with Crippen LogP contribution in [0.15, 0.2) is 35.4 Å². The van der Waals surface area contributed by atoms with Gasteiger partial charge in [0.05, 0.1) is 11.9 Å². The van der Waals surface area contributed by atoms with Crippen LogP contribution in [-0.2, 0) is 9.84 Å². The maximum absolute atomic E-state index is 12.8. The Morgan fingerprint density at radius 3 is 2.79 bits per heavy atom. The number of hydrogen-bond acceptors (Lipinski definition) is 4. The number of carbonyl (C=O) groups is 1. The van der Waals surface area contributed by atoms with Crippen molar-refractivity contribution in [2.24, 2.45) is 0 Å². The van der Waals surface area contributed by atoms with Crippen LogP contribution in [0.2, 0.25) is 0 Å². The number of nitrogens with one attached hydrogen (secondary N) is 1. The lowest BCUT2D eigenvalue weighted by Gasteiger charge is -2.33. The molecule has 1 saturated heterocycles. The summed E-state index contributed by atoms with van der Waals surface area (Å²) in [6, 6.07) is 7.52. The van der Waals surface area contributed by atoms with E-state index in [1.807, 2.05) is 36.1 Å². The van der Waals surface area contributed by atoms with Crippen LogP contribution >= 0.6 is 0 Å². The fourth-order valence-corrected chi connectivity index (χ4v) is 4.11. The van der Waals surface area contributed by atoms with Crippen molar-refractivity contribution in [3.05, 3.63) is 47.3 Å². The Hall–Kier alpha value is -2.15. The van der Waals surface area contributed by atoms with Gasteiger partial charge in [0.1, 0.15) is 4.90 Å². The van der Waals surface area contributed by atoms with Gasteiger partial charge in [-0.3, -0.25) is 9.89 Å². The van der Waals surface area contributed by atoms with E-state index < -0.39 is 9.84 Å². The number of nitrogens with zero attached hydrogens (tertiary/aromatic N) is 2. The summed E-state index contributed by atoms with van der Waals surface area (Å²) in [7, 11) is -3.33. The molecule has 24 heavy (non-hydrogen) atoms. The van der Waals surface area contributed by atoms with Crippen molar-refractivity contribution in [1.29, 1.82) is 0 Å². The third-order valence-electron chi connectivity index (χ3n) is 4.52. The number of benzene rings is 1. The van der Waals surface area contributed by atoms with Crippen LogP contribution in [0.3, 0.4) is 0 Å². The van der Waals surface area contributed by atoms with Crippen LogP contribution < -0.4 is 0 Å². The molecule has 1 N–H and O–H groups in total. The molecule has 2 heterocycles. The van der Waals surface area contributed by atoms with Gasteiger partial charge in [0.2, 0.25) is 0 Å². The number of aromatic nitrogens is 2. The molecule has 1 unspecified atom stereocenters. The summed E-state index contributed by atoms with van der Waals surface area (Å²) >= 11 is 0. The average molecular weight is 347 g/mol. The molecule has 1 aliphatic heterocycles. The van der Waals surface area contributed by atoms with Gasteiger partial charge in [-0.2, -0.15) is 5.10 Å². The van der Waals surface area contributed by atoms with Crippen LogP contribution in [-0.4, -0.2) is 48.8 Å². The molecule has 7 heteroatoms. The SMILES string of the molecule is Cc1ccccc1C(=O)N1CCCC(c2[nH]ncc2S(C)(=O)=O)C1. The van der Waals surface area contributed by atoms with Crippen molar-refractivity contribution >= 4 is 15.7 Å². The van der Waals surface area contributed by atoms with E-state index in [-0.39, 0.29) is 16.7 Å². The minimum absolute atomic E-state index is 0.00165. The molecule has 1 amide bonds. The fourth-order valence-electron chi connectivity index (χ4n) is 3.25. The first-order valence-corrected chi connectivity index (χ1v) is 9.85. The molecule has 1 fully saturated rings. The summed E-state index contributed by atoms with van der Waals surface area (Å²) in [6.07, 6.45) is 4.21. The Morgan fingerprint density at radius 2 is 2.08 bits per heavy atom. The Labute approximate surface area is 141 Å². The Morgan fingerprint density at radius 1 is 1.33 bits per heavy atom. The summed E-state index contributed by atoms with van der Waals surface area (Å²) in [5, 5.41) is 6.72. The van der Waals surface area contributed by atoms with Gasteiger partial charge in [0, 0.05) is 30.8 Å². The first-order chi connectivity index (χ1) is 11.4. The highest BCUT2D eigenvalue weighted by Gasteiger charge is 2.30. The summed E-state index contributed by atoms with van der Waals surface area (Å²) in [6.45, 7) is 3.11. The molecule has 3 rings (SSSR count). The molecule has 128 valence electrons. The zero-order chi connectivity index (χ0) is 17.3. The predicted octanol–water partition coefficient (Wildman–Crippen LogP) is 2.14. The van der Waals surface area contributed by atoms with E-state index in [1.54, 1.807) is 0 Å². The largest absolute Gasteiger partial charge is 0.338 e. The Kier molecular flexibility index (Phi) is 4.45. The Bertz CT molecular complexity index is 857. The van der Waals surface area contributed by atoms with Gasteiger partial charge in [0.15, 0.2) is 9.84 Å². The summed E-state index contributed by atoms with van der Waals surface area (Å²) < 4.78 is 23.8. The van der Waals surface area contributed by atoms with Crippen LogP contribution in [0.1, 0.15) is 40.4 Å². The number of rotatable bonds is 3. The van der Waals surface area contributed by atoms with E-state index in [4.69, 9.17) is 0 Å². The highest BCUT2D eigenvalue weighted by atomic mass is 32.2. The molecule has 0 saturated carbocycles. The Balaban J connectivity index is 1.84. The lowest BCUT2D eigenvalue weighted by atomic mass is 9.94. The number of carbonyl (C=O) groups excluding carboxylic acids is 1. The fraction of sp³-hybridized carbons (Fsp3) is 0.412. The predicted molar refractivity (Wildman–Crippen MR) is 90.8 cm³/mol. The van der Waals surface area contributed by atoms with Crippen molar-refractivity contribution in [1.82, 2.24) is 15.1 Å². The highest BCUT2D eigenvalue weighted by molar-refractivity contribution is 7.90. The second-order valence-electron chi connectivity index (χ2n) is 6.33. The number of H-pyrrole nitrogens is 1. The van der Waals surface area contributed by atoms with Gasteiger partial charge in [0.25, 0.3) is 5.91 Å². The number of hydrogen-bond donors (Lipinski definition) is 1. The molecular weight excluding hydrogens is 326 g/mol. The monoisotopic (exact) mass is 347 g/mol. The quantitative estimate of drug-likeness (QED) is 0.922. The number of sulfone groups is 1. The molecule has 1 aromatic carbocycles. The molecule has 1 atom stereocenters. The maximum Gasteiger partial charge on any atom is 0.254 e. The number of likely N-dealkylation sites (tertiary alicyclic amines) is 1. The third-order valence-corrected chi connectivity index (χ3v) is 5.65. The number of amides is 1. The van der Waals surface area contributed by atoms with Gasteiger partial charge < -0.3 is 4.90 Å². The first-order valence-electron chi connectivity index (χ1n) is 7.96. The maximum atomic E-state index is 12.8. The number of piperidine rings is 1. The van der Waals surface area contributed by atoms with Crippen LogP contribution in [0.25, 0.3) is 0 Å². The normalized spacial score (nSPS) is 18.6. The van der Waals surface area contributed by atoms with Gasteiger partial charge in [-0.05, 0) is 31.4 Å². The van der Waals surface area contributed by atoms with Crippen molar-refractivity contribution < 1.29 is 13.2 Å². The zero-order valence-electron chi connectivity index (χ0n) is 13.8. The first kappa shape index (κ1) is 16.7. The lowest BCUT2D eigenvalue weighted by molar-refractivity contribution is 0.0704. The summed E-state index contributed by atoms with van der Waals surface area (Å²) in [4.78, 5) is 14.8. The van der Waals surface area contributed by atoms with Crippen molar-refractivity contribution in [3.63, 3.8) is 0 Å². The lowest BCUT2D eigenvalue weighted by Crippen LogP contribution is -2.39. The molecule has 1 aromatic heterocycles. The molecule has 1 aliphatic rings. The zero-order valence-corrected chi connectivity index (χ0v) is 14.6. The molecule has 0 aliphatic carbocycles. The van der Waals surface area contributed by atoms with Gasteiger partial charge in [-0.1, -0.05) is 18.2 Å². The van der Waals surface area contributed by atoms with Gasteiger partial charge >= 0.3 is 0 Å². The number of aromatic amines is 1. The smallest absolute Gasteiger partial charge is 0.254 e. The molecule has 2 aromatic rings. The van der Waals surface area contributed by atoms with E-state index in [2.05, 4.69) is 10.2 Å². The molecule has 0 radical (unpaired) electrons. The minimum Gasteiger partial charge on any atom is -0.338 e. The molecule has 0 spiro atoms. The third kappa shape index (κ3) is 3.21. The minimum atomic E-state index is -3.33. The van der Waals surface area contributed by atoms with E-state index >= 15 is 0 Å². The topological polar surface area (TPSA) is 83.1 Å². The second kappa shape index (κ2) is 6.39. The van der Waals surface area contributed by atoms with Crippen molar-refractivity contribution in [3.8, 4) is 0 Å². The van der Waals surface area contributed by atoms with Gasteiger partial charge in [-0.25, -0.2) is 8.42 Å². The molecule has 0 bridgehead atoms. The average Bonchev–Trinajstić information content (AvgIpc) is 3.05. The van der Waals surface area contributed by atoms with E-state index in [1.165, 1.54) is 12.5 Å². The second-order valence-corrected chi connectivity index (χ2v) is 8.31. The van der Waals surface area contributed by atoms with Crippen molar-refractivity contribution in [2.45, 2.75) is 30.6 Å². The standard InChI is InChI=1S/C17H21N3O3S/c1-12-6-3-4-8-14(12)17(21)20-9-5-7-13(11-20)16-15(10-18-19-16)24(2,22)23/h3-4,6,8,10,13H,5,7,9,11H2,1-2H3,(H,18,19). The summed E-state index contributed by atoms with van der Waals surface area (Å²) in [5.74, 6) is -0.0443. The van der Waals surface area contributed by atoms with E-state index in [0.29, 0.717) is 24.3 Å². The highest BCUT2D eigenvalue weighted by Crippen LogP contribution is 2.30.